The summed E-state index contributed by atoms with van der Waals surface area (Å²) in [6, 6.07) is 8.41. The van der Waals surface area contributed by atoms with Crippen LogP contribution in [0.2, 0.25) is 0 Å². The van der Waals surface area contributed by atoms with Gasteiger partial charge in [-0.2, -0.15) is 0 Å². The average molecular weight is 264 g/mol. The van der Waals surface area contributed by atoms with Crippen molar-refractivity contribution in [3.63, 3.8) is 0 Å². The smallest absolute Gasteiger partial charge is 0.159 e. The summed E-state index contributed by atoms with van der Waals surface area (Å²) in [6.07, 6.45) is 12.4. The van der Waals surface area contributed by atoms with Crippen molar-refractivity contribution in [2.24, 2.45) is 0 Å². The quantitative estimate of drug-likeness (QED) is 0.783. The number of fused-ring (bicyclic) bond motifs is 3. The fourth-order valence-electron chi connectivity index (χ4n) is 2.63. The molecule has 2 atom stereocenters. The molecule has 1 aliphatic carbocycles. The highest BCUT2D eigenvalue weighted by Gasteiger charge is 2.31. The Balaban J connectivity index is 1.77. The number of allylic oxidation sites excluding steroid dienone is 3. The molecular weight excluding hydrogens is 252 g/mol. The van der Waals surface area contributed by atoms with Crippen LogP contribution in [0.4, 0.5) is 0 Å². The first kappa shape index (κ1) is 11.0. The van der Waals surface area contributed by atoms with Crippen molar-refractivity contribution < 1.29 is 0 Å². The van der Waals surface area contributed by atoms with E-state index in [2.05, 4.69) is 52.5 Å². The number of rotatable bonds is 1. The molecule has 0 spiro atoms. The minimum atomic E-state index is 0.524. The number of aromatic nitrogens is 2. The standard InChI is InChI=1S/C16H12N2S/c1-2-5-14-12(4-1)13-7-6-11(10-15(13)19-14)16-17-8-3-9-18-16/h1-10,12,14H. The van der Waals surface area contributed by atoms with Crippen molar-refractivity contribution in [3.8, 4) is 11.4 Å². The van der Waals surface area contributed by atoms with Gasteiger partial charge >= 0.3 is 0 Å². The SMILES string of the molecule is C1=CC2Sc3cc(-c4ncccn4)ccc3C2C=C1. The number of hydrogen-bond acceptors (Lipinski definition) is 3. The normalized spacial score (nSPS) is 23.2. The molecule has 2 nitrogen and oxygen atoms in total. The minimum absolute atomic E-state index is 0.524. The lowest BCUT2D eigenvalue weighted by Crippen LogP contribution is -2.06. The monoisotopic (exact) mass is 264 g/mol. The summed E-state index contributed by atoms with van der Waals surface area (Å²) in [5.74, 6) is 1.32. The van der Waals surface area contributed by atoms with E-state index in [1.54, 1.807) is 12.4 Å². The molecule has 0 fully saturated rings. The maximum Gasteiger partial charge on any atom is 0.159 e. The van der Waals surface area contributed by atoms with Crippen LogP contribution >= 0.6 is 11.8 Å². The van der Waals surface area contributed by atoms with Gasteiger partial charge in [0, 0.05) is 34.0 Å². The third-order valence-electron chi connectivity index (χ3n) is 3.54. The fraction of sp³-hybridized carbons (Fsp3) is 0.125. The second-order valence-electron chi connectivity index (χ2n) is 4.70. The molecule has 0 saturated carbocycles. The molecule has 2 aromatic rings. The van der Waals surface area contributed by atoms with Gasteiger partial charge in [0.2, 0.25) is 0 Å². The van der Waals surface area contributed by atoms with E-state index in [0.29, 0.717) is 11.2 Å². The molecule has 2 heterocycles. The van der Waals surface area contributed by atoms with Crippen molar-refractivity contribution in [2.75, 3.05) is 0 Å². The first-order chi connectivity index (χ1) is 9.42. The molecule has 0 bridgehead atoms. The Labute approximate surface area is 116 Å². The van der Waals surface area contributed by atoms with Crippen LogP contribution in [0.3, 0.4) is 0 Å². The minimum Gasteiger partial charge on any atom is -0.237 e. The van der Waals surface area contributed by atoms with Crippen LogP contribution in [-0.4, -0.2) is 15.2 Å². The molecule has 4 rings (SSSR count). The third kappa shape index (κ3) is 1.81. The van der Waals surface area contributed by atoms with Crippen LogP contribution < -0.4 is 0 Å². The molecule has 0 amide bonds. The summed E-state index contributed by atoms with van der Waals surface area (Å²) in [6.45, 7) is 0. The van der Waals surface area contributed by atoms with Crippen LogP contribution in [-0.2, 0) is 0 Å². The highest BCUT2D eigenvalue weighted by atomic mass is 32.2. The van der Waals surface area contributed by atoms with Crippen molar-refractivity contribution in [1.29, 1.82) is 0 Å². The number of hydrogen-bond donors (Lipinski definition) is 0. The molecule has 2 unspecified atom stereocenters. The van der Waals surface area contributed by atoms with Gasteiger partial charge in [-0.15, -0.1) is 11.8 Å². The molecule has 1 aromatic carbocycles. The summed E-state index contributed by atoms with van der Waals surface area (Å²) in [4.78, 5) is 9.99. The Morgan fingerprint density at radius 3 is 2.74 bits per heavy atom. The summed E-state index contributed by atoms with van der Waals surface area (Å²) in [7, 11) is 0. The second kappa shape index (κ2) is 4.35. The average Bonchev–Trinajstić information content (AvgIpc) is 2.86. The van der Waals surface area contributed by atoms with E-state index in [0.717, 1.165) is 11.4 Å². The largest absolute Gasteiger partial charge is 0.237 e. The summed E-state index contributed by atoms with van der Waals surface area (Å²) in [5.41, 5.74) is 2.52. The van der Waals surface area contributed by atoms with Crippen LogP contribution in [0.5, 0.6) is 0 Å². The zero-order chi connectivity index (χ0) is 12.7. The lowest BCUT2D eigenvalue weighted by atomic mass is 9.92. The van der Waals surface area contributed by atoms with Gasteiger partial charge in [0.1, 0.15) is 0 Å². The van der Waals surface area contributed by atoms with Gasteiger partial charge < -0.3 is 0 Å². The van der Waals surface area contributed by atoms with Gasteiger partial charge in [0.25, 0.3) is 0 Å². The lowest BCUT2D eigenvalue weighted by molar-refractivity contribution is 0.881. The highest BCUT2D eigenvalue weighted by Crippen LogP contribution is 2.48. The van der Waals surface area contributed by atoms with E-state index in [9.17, 15) is 0 Å². The second-order valence-corrected chi connectivity index (χ2v) is 5.92. The van der Waals surface area contributed by atoms with Crippen molar-refractivity contribution in [3.05, 3.63) is 66.5 Å². The van der Waals surface area contributed by atoms with Crippen molar-refractivity contribution in [2.45, 2.75) is 16.1 Å². The molecule has 0 radical (unpaired) electrons. The highest BCUT2D eigenvalue weighted by molar-refractivity contribution is 8.00. The first-order valence-corrected chi connectivity index (χ1v) is 7.23. The van der Waals surface area contributed by atoms with E-state index in [1.165, 1.54) is 10.5 Å². The lowest BCUT2D eigenvalue weighted by Gasteiger charge is -2.14. The Morgan fingerprint density at radius 1 is 1.00 bits per heavy atom. The molecular formula is C16H12N2S. The Morgan fingerprint density at radius 2 is 1.84 bits per heavy atom. The zero-order valence-electron chi connectivity index (χ0n) is 10.2. The maximum absolute atomic E-state index is 4.32. The molecule has 1 aliphatic heterocycles. The summed E-state index contributed by atoms with van der Waals surface area (Å²) >= 11 is 1.94. The predicted molar refractivity (Wildman–Crippen MR) is 78.1 cm³/mol. The Hall–Kier alpha value is -1.87. The molecule has 1 aromatic heterocycles. The van der Waals surface area contributed by atoms with E-state index in [1.807, 2.05) is 17.8 Å². The molecule has 19 heavy (non-hydrogen) atoms. The van der Waals surface area contributed by atoms with Crippen LogP contribution in [0.15, 0.2) is 65.9 Å². The van der Waals surface area contributed by atoms with Crippen LogP contribution in [0, 0.1) is 0 Å². The van der Waals surface area contributed by atoms with E-state index in [-0.39, 0.29) is 0 Å². The number of benzene rings is 1. The van der Waals surface area contributed by atoms with Gasteiger partial charge in [-0.1, -0.05) is 36.4 Å². The van der Waals surface area contributed by atoms with Gasteiger partial charge in [-0.25, -0.2) is 9.97 Å². The van der Waals surface area contributed by atoms with Gasteiger partial charge in [0.15, 0.2) is 5.82 Å². The summed E-state index contributed by atoms with van der Waals surface area (Å²) < 4.78 is 0. The number of nitrogens with zero attached hydrogens (tertiary/aromatic N) is 2. The predicted octanol–water partition coefficient (Wildman–Crippen LogP) is 3.83. The van der Waals surface area contributed by atoms with E-state index < -0.39 is 0 Å². The first-order valence-electron chi connectivity index (χ1n) is 6.35. The van der Waals surface area contributed by atoms with Gasteiger partial charge in [0.05, 0.1) is 0 Å². The number of thioether (sulfide) groups is 1. The fourth-order valence-corrected chi connectivity index (χ4v) is 4.01. The van der Waals surface area contributed by atoms with Crippen LogP contribution in [0.25, 0.3) is 11.4 Å². The zero-order valence-corrected chi connectivity index (χ0v) is 11.0. The molecule has 0 saturated heterocycles. The van der Waals surface area contributed by atoms with E-state index >= 15 is 0 Å². The van der Waals surface area contributed by atoms with Gasteiger partial charge in [-0.3, -0.25) is 0 Å². The summed E-state index contributed by atoms with van der Waals surface area (Å²) in [5, 5.41) is 0.548. The topological polar surface area (TPSA) is 25.8 Å². The molecule has 0 N–H and O–H groups in total. The van der Waals surface area contributed by atoms with Crippen molar-refractivity contribution in [1.82, 2.24) is 9.97 Å². The van der Waals surface area contributed by atoms with Gasteiger partial charge in [-0.05, 0) is 17.7 Å². The van der Waals surface area contributed by atoms with E-state index in [4.69, 9.17) is 0 Å². The maximum atomic E-state index is 4.32. The molecule has 3 heteroatoms. The molecule has 2 aliphatic rings. The van der Waals surface area contributed by atoms with Crippen LogP contribution in [0.1, 0.15) is 11.5 Å². The Kier molecular flexibility index (Phi) is 2.52. The molecule has 92 valence electrons. The Bertz CT molecular complexity index is 676. The van der Waals surface area contributed by atoms with Crippen molar-refractivity contribution >= 4 is 11.8 Å². The third-order valence-corrected chi connectivity index (χ3v) is 4.87.